The van der Waals surface area contributed by atoms with E-state index in [-0.39, 0.29) is 12.4 Å². The Morgan fingerprint density at radius 1 is 1.24 bits per heavy atom. The molecule has 25 heavy (non-hydrogen) atoms. The Hall–Kier alpha value is -1.10. The van der Waals surface area contributed by atoms with E-state index < -0.39 is 0 Å². The van der Waals surface area contributed by atoms with E-state index in [9.17, 15) is 0 Å². The van der Waals surface area contributed by atoms with Crippen molar-refractivity contribution < 1.29 is 18.9 Å². The minimum absolute atomic E-state index is 0.0133. The monoisotopic (exact) mass is 348 g/mol. The summed E-state index contributed by atoms with van der Waals surface area (Å²) in [6, 6.07) is 7.84. The van der Waals surface area contributed by atoms with Crippen molar-refractivity contribution in [2.75, 3.05) is 20.3 Å². The van der Waals surface area contributed by atoms with Crippen LogP contribution in [0.2, 0.25) is 0 Å². The predicted octanol–water partition coefficient (Wildman–Crippen LogP) is 4.73. The van der Waals surface area contributed by atoms with E-state index in [0.29, 0.717) is 30.7 Å². The van der Waals surface area contributed by atoms with E-state index in [1.165, 1.54) is 12.8 Å². The fourth-order valence-corrected chi connectivity index (χ4v) is 3.84. The van der Waals surface area contributed by atoms with Crippen molar-refractivity contribution in [3.05, 3.63) is 29.8 Å². The summed E-state index contributed by atoms with van der Waals surface area (Å²) in [6.45, 7) is 8.27. The summed E-state index contributed by atoms with van der Waals surface area (Å²) in [5.74, 6) is 1.54. The highest BCUT2D eigenvalue weighted by atomic mass is 16.7. The second kappa shape index (κ2) is 8.07. The minimum atomic E-state index is -0.299. The Morgan fingerprint density at radius 3 is 2.68 bits per heavy atom. The summed E-state index contributed by atoms with van der Waals surface area (Å²) >= 11 is 0. The molecule has 1 saturated heterocycles. The van der Waals surface area contributed by atoms with E-state index in [1.807, 2.05) is 24.3 Å². The second-order valence-electron chi connectivity index (χ2n) is 8.06. The molecule has 1 heterocycles. The van der Waals surface area contributed by atoms with E-state index >= 15 is 0 Å². The van der Waals surface area contributed by atoms with Crippen LogP contribution in [-0.2, 0) is 14.2 Å². The molecule has 140 valence electrons. The first-order chi connectivity index (χ1) is 12.0. The van der Waals surface area contributed by atoms with Crippen LogP contribution in [0.25, 0.3) is 0 Å². The van der Waals surface area contributed by atoms with Gasteiger partial charge in [-0.3, -0.25) is 0 Å². The van der Waals surface area contributed by atoms with Gasteiger partial charge in [-0.2, -0.15) is 0 Å². The second-order valence-corrected chi connectivity index (χ2v) is 8.06. The van der Waals surface area contributed by atoms with Crippen LogP contribution in [0.1, 0.15) is 58.3 Å². The molecule has 0 N–H and O–H groups in total. The summed E-state index contributed by atoms with van der Waals surface area (Å²) in [5, 5.41) is 0. The number of ether oxygens (including phenoxy) is 4. The van der Waals surface area contributed by atoms with Crippen molar-refractivity contribution in [2.24, 2.45) is 11.3 Å². The predicted molar refractivity (Wildman–Crippen MR) is 97.7 cm³/mol. The fraction of sp³-hybridized carbons (Fsp3) is 0.714. The SMILES string of the molecule is COc1ccc(C2OCC(COC3CCCC(C)(C(C)C)C3)O2)cc1. The van der Waals surface area contributed by atoms with Crippen LogP contribution < -0.4 is 4.74 Å². The van der Waals surface area contributed by atoms with Gasteiger partial charge in [-0.05, 0) is 42.7 Å². The number of hydrogen-bond acceptors (Lipinski definition) is 4. The molecule has 0 spiro atoms. The molecule has 0 radical (unpaired) electrons. The maximum Gasteiger partial charge on any atom is 0.184 e. The third-order valence-electron chi connectivity index (χ3n) is 6.02. The summed E-state index contributed by atoms with van der Waals surface area (Å²) in [7, 11) is 1.67. The molecule has 4 unspecified atom stereocenters. The molecule has 1 saturated carbocycles. The molecule has 4 atom stereocenters. The molecule has 4 nitrogen and oxygen atoms in total. The molecule has 2 fully saturated rings. The van der Waals surface area contributed by atoms with Gasteiger partial charge in [-0.1, -0.05) is 39.3 Å². The highest BCUT2D eigenvalue weighted by Gasteiger charge is 2.36. The molecule has 0 aromatic heterocycles. The van der Waals surface area contributed by atoms with Crippen molar-refractivity contribution in [3.8, 4) is 5.75 Å². The lowest BCUT2D eigenvalue weighted by Crippen LogP contribution is -2.35. The Bertz CT molecular complexity index is 541. The molecule has 0 amide bonds. The number of benzene rings is 1. The lowest BCUT2D eigenvalue weighted by atomic mass is 9.67. The topological polar surface area (TPSA) is 36.9 Å². The Balaban J connectivity index is 1.47. The average molecular weight is 348 g/mol. The van der Waals surface area contributed by atoms with Crippen LogP contribution in [0.3, 0.4) is 0 Å². The first-order valence-corrected chi connectivity index (χ1v) is 9.53. The quantitative estimate of drug-likeness (QED) is 0.745. The van der Waals surface area contributed by atoms with E-state index in [0.717, 1.165) is 24.2 Å². The number of rotatable bonds is 6. The van der Waals surface area contributed by atoms with Crippen molar-refractivity contribution in [2.45, 2.75) is 65.0 Å². The minimum Gasteiger partial charge on any atom is -0.497 e. The van der Waals surface area contributed by atoms with Crippen LogP contribution >= 0.6 is 0 Å². The maximum absolute atomic E-state index is 6.21. The molecule has 4 heteroatoms. The normalized spacial score (nSPS) is 32.9. The van der Waals surface area contributed by atoms with E-state index in [2.05, 4.69) is 20.8 Å². The Labute approximate surface area is 151 Å². The molecule has 2 aliphatic rings. The standard InChI is InChI=1S/C21H32O4/c1-15(2)21(3)11-5-6-18(12-21)23-13-19-14-24-20(25-19)16-7-9-17(22-4)10-8-16/h7-10,15,18-20H,5-6,11-14H2,1-4H3. The van der Waals surface area contributed by atoms with Gasteiger partial charge < -0.3 is 18.9 Å². The highest BCUT2D eigenvalue weighted by molar-refractivity contribution is 5.28. The molecule has 1 aromatic carbocycles. The summed E-state index contributed by atoms with van der Waals surface area (Å²) in [5.41, 5.74) is 1.43. The van der Waals surface area contributed by atoms with Crippen LogP contribution in [0, 0.1) is 11.3 Å². The lowest BCUT2D eigenvalue weighted by molar-refractivity contribution is -0.0930. The van der Waals surface area contributed by atoms with E-state index in [4.69, 9.17) is 18.9 Å². The largest absolute Gasteiger partial charge is 0.497 e. The van der Waals surface area contributed by atoms with Gasteiger partial charge >= 0.3 is 0 Å². The summed E-state index contributed by atoms with van der Waals surface area (Å²) in [4.78, 5) is 0. The molecule has 1 aromatic rings. The van der Waals surface area contributed by atoms with Gasteiger partial charge in [-0.25, -0.2) is 0 Å². The molecule has 0 bridgehead atoms. The summed E-state index contributed by atoms with van der Waals surface area (Å²) < 4.78 is 23.2. The molecule has 3 rings (SSSR count). The zero-order chi connectivity index (χ0) is 17.9. The summed E-state index contributed by atoms with van der Waals surface area (Å²) in [6.07, 6.45) is 4.96. The van der Waals surface area contributed by atoms with Gasteiger partial charge in [0, 0.05) is 5.56 Å². The van der Waals surface area contributed by atoms with Crippen molar-refractivity contribution >= 4 is 0 Å². The van der Waals surface area contributed by atoms with Gasteiger partial charge in [-0.15, -0.1) is 0 Å². The van der Waals surface area contributed by atoms with Crippen LogP contribution in [-0.4, -0.2) is 32.5 Å². The number of hydrogen-bond donors (Lipinski definition) is 0. The Kier molecular flexibility index (Phi) is 6.03. The van der Waals surface area contributed by atoms with Gasteiger partial charge in [0.05, 0.1) is 26.4 Å². The van der Waals surface area contributed by atoms with Gasteiger partial charge in [0.15, 0.2) is 6.29 Å². The third-order valence-corrected chi connectivity index (χ3v) is 6.02. The lowest BCUT2D eigenvalue weighted by Gasteiger charge is -2.41. The van der Waals surface area contributed by atoms with Crippen LogP contribution in [0.15, 0.2) is 24.3 Å². The Morgan fingerprint density at radius 2 is 2.00 bits per heavy atom. The molecule has 1 aliphatic heterocycles. The maximum atomic E-state index is 6.21. The van der Waals surface area contributed by atoms with Crippen LogP contribution in [0.5, 0.6) is 5.75 Å². The molecule has 1 aliphatic carbocycles. The average Bonchev–Trinajstić information content (AvgIpc) is 3.09. The zero-order valence-electron chi connectivity index (χ0n) is 16.0. The number of methoxy groups -OCH3 is 1. The van der Waals surface area contributed by atoms with Gasteiger partial charge in [0.1, 0.15) is 11.9 Å². The first-order valence-electron chi connectivity index (χ1n) is 9.53. The zero-order valence-corrected chi connectivity index (χ0v) is 16.0. The van der Waals surface area contributed by atoms with Crippen molar-refractivity contribution in [1.29, 1.82) is 0 Å². The van der Waals surface area contributed by atoms with Gasteiger partial charge in [0.25, 0.3) is 0 Å². The molecular formula is C21H32O4. The van der Waals surface area contributed by atoms with E-state index in [1.54, 1.807) is 7.11 Å². The van der Waals surface area contributed by atoms with Crippen LogP contribution in [0.4, 0.5) is 0 Å². The van der Waals surface area contributed by atoms with Crippen molar-refractivity contribution in [1.82, 2.24) is 0 Å². The first kappa shape index (κ1) is 18.7. The fourth-order valence-electron chi connectivity index (χ4n) is 3.84. The smallest absolute Gasteiger partial charge is 0.184 e. The van der Waals surface area contributed by atoms with Crippen molar-refractivity contribution in [3.63, 3.8) is 0 Å². The highest BCUT2D eigenvalue weighted by Crippen LogP contribution is 2.43. The molecular weight excluding hydrogens is 316 g/mol. The van der Waals surface area contributed by atoms with Gasteiger partial charge in [0.2, 0.25) is 0 Å². The third kappa shape index (κ3) is 4.55.